The van der Waals surface area contributed by atoms with Gasteiger partial charge in [0.2, 0.25) is 10.0 Å². The predicted octanol–water partition coefficient (Wildman–Crippen LogP) is -0.0992. The van der Waals surface area contributed by atoms with Crippen molar-refractivity contribution in [2.24, 2.45) is 4.99 Å². The van der Waals surface area contributed by atoms with Gasteiger partial charge in [-0.25, -0.2) is 13.1 Å². The van der Waals surface area contributed by atoms with Crippen LogP contribution in [0.3, 0.4) is 0 Å². The highest BCUT2D eigenvalue weighted by Crippen LogP contribution is 1.96. The van der Waals surface area contributed by atoms with Crippen molar-refractivity contribution in [3.63, 3.8) is 0 Å². The van der Waals surface area contributed by atoms with Gasteiger partial charge in [-0.3, -0.25) is 4.99 Å². The summed E-state index contributed by atoms with van der Waals surface area (Å²) < 4.78 is 24.1. The zero-order chi connectivity index (χ0) is 14.1. The maximum Gasteiger partial charge on any atom is 0.208 e. The Morgan fingerprint density at radius 1 is 1.16 bits per heavy atom. The molecule has 0 radical (unpaired) electrons. The van der Waals surface area contributed by atoms with Crippen LogP contribution in [0.4, 0.5) is 0 Å². The molecule has 1 aromatic rings. The van der Waals surface area contributed by atoms with Crippen LogP contribution >= 0.6 is 0 Å². The summed E-state index contributed by atoms with van der Waals surface area (Å²) in [7, 11) is -1.46. The molecule has 3 N–H and O–H groups in total. The third kappa shape index (κ3) is 7.43. The van der Waals surface area contributed by atoms with Crippen molar-refractivity contribution in [2.45, 2.75) is 6.54 Å². The Hall–Kier alpha value is -1.60. The van der Waals surface area contributed by atoms with Gasteiger partial charge in [-0.05, 0) is 5.56 Å². The number of nitrogens with zero attached hydrogens (tertiary/aromatic N) is 1. The molecule has 6 nitrogen and oxygen atoms in total. The van der Waals surface area contributed by atoms with Crippen LogP contribution in [0.25, 0.3) is 0 Å². The number of aliphatic imine (C=N–C) groups is 1. The molecule has 0 aliphatic heterocycles. The topological polar surface area (TPSA) is 82.6 Å². The summed E-state index contributed by atoms with van der Waals surface area (Å²) in [5.74, 6) is 0.638. The van der Waals surface area contributed by atoms with E-state index >= 15 is 0 Å². The van der Waals surface area contributed by atoms with Crippen LogP contribution in [0.5, 0.6) is 0 Å². The van der Waals surface area contributed by atoms with Crippen LogP contribution in [0.15, 0.2) is 35.3 Å². The fraction of sp³-hybridized carbons (Fsp3) is 0.417. The third-order valence-electron chi connectivity index (χ3n) is 2.31. The first-order valence-corrected chi connectivity index (χ1v) is 7.83. The van der Waals surface area contributed by atoms with Crippen molar-refractivity contribution in [2.75, 3.05) is 26.4 Å². The molecule has 0 atom stereocenters. The molecule has 0 spiro atoms. The van der Waals surface area contributed by atoms with Crippen molar-refractivity contribution >= 4 is 16.0 Å². The van der Waals surface area contributed by atoms with Crippen LogP contribution in [0.2, 0.25) is 0 Å². The molecule has 1 aromatic carbocycles. The number of rotatable bonds is 6. The Morgan fingerprint density at radius 2 is 1.84 bits per heavy atom. The predicted molar refractivity (Wildman–Crippen MR) is 77.5 cm³/mol. The Kier molecular flexibility index (Phi) is 6.31. The lowest BCUT2D eigenvalue weighted by molar-refractivity contribution is 0.586. The quantitative estimate of drug-likeness (QED) is 0.387. The van der Waals surface area contributed by atoms with Crippen molar-refractivity contribution in [1.82, 2.24) is 15.4 Å². The minimum Gasteiger partial charge on any atom is -0.355 e. The maximum absolute atomic E-state index is 10.9. The third-order valence-corrected chi connectivity index (χ3v) is 3.04. The van der Waals surface area contributed by atoms with E-state index in [0.29, 0.717) is 25.6 Å². The van der Waals surface area contributed by atoms with Gasteiger partial charge in [-0.2, -0.15) is 0 Å². The fourth-order valence-corrected chi connectivity index (χ4v) is 1.89. The van der Waals surface area contributed by atoms with Gasteiger partial charge in [-0.1, -0.05) is 30.3 Å². The van der Waals surface area contributed by atoms with Crippen LogP contribution in [-0.4, -0.2) is 40.8 Å². The Bertz CT molecular complexity index is 500. The largest absolute Gasteiger partial charge is 0.355 e. The molecule has 1 rings (SSSR count). The highest BCUT2D eigenvalue weighted by atomic mass is 32.2. The lowest BCUT2D eigenvalue weighted by Gasteiger charge is -2.11. The molecule has 0 fully saturated rings. The van der Waals surface area contributed by atoms with Crippen LogP contribution in [0, 0.1) is 0 Å². The molecule has 0 amide bonds. The van der Waals surface area contributed by atoms with E-state index in [1.165, 1.54) is 0 Å². The molecule has 0 aliphatic carbocycles. The summed E-state index contributed by atoms with van der Waals surface area (Å²) in [5.41, 5.74) is 1.15. The number of sulfonamides is 1. The van der Waals surface area contributed by atoms with Gasteiger partial charge in [0.05, 0.1) is 6.26 Å². The Balaban J connectivity index is 2.27. The molecule has 0 saturated heterocycles. The van der Waals surface area contributed by atoms with E-state index in [-0.39, 0.29) is 0 Å². The van der Waals surface area contributed by atoms with Gasteiger partial charge in [0.1, 0.15) is 0 Å². The summed E-state index contributed by atoms with van der Waals surface area (Å²) in [6, 6.07) is 9.96. The zero-order valence-corrected chi connectivity index (χ0v) is 12.0. The van der Waals surface area contributed by atoms with Crippen LogP contribution < -0.4 is 15.4 Å². The maximum atomic E-state index is 10.9. The van der Waals surface area contributed by atoms with Crippen molar-refractivity contribution in [3.8, 4) is 0 Å². The van der Waals surface area contributed by atoms with Gasteiger partial charge in [0.25, 0.3) is 0 Å². The average molecular weight is 284 g/mol. The summed E-state index contributed by atoms with van der Waals surface area (Å²) in [6.45, 7) is 1.46. The molecular formula is C12H20N4O2S. The smallest absolute Gasteiger partial charge is 0.208 e. The number of hydrogen-bond donors (Lipinski definition) is 3. The van der Waals surface area contributed by atoms with Crippen LogP contribution in [-0.2, 0) is 16.6 Å². The second kappa shape index (κ2) is 7.75. The standard InChI is InChI=1S/C12H20N4O2S/c1-13-12(14-8-9-16-19(2,17)18)15-10-11-6-4-3-5-7-11/h3-7,16H,8-10H2,1-2H3,(H2,13,14,15). The van der Waals surface area contributed by atoms with Crippen LogP contribution in [0.1, 0.15) is 5.56 Å². The first-order chi connectivity index (χ1) is 9.01. The van der Waals surface area contributed by atoms with E-state index in [4.69, 9.17) is 0 Å². The molecule has 0 aromatic heterocycles. The zero-order valence-electron chi connectivity index (χ0n) is 11.2. The van der Waals surface area contributed by atoms with Crippen molar-refractivity contribution < 1.29 is 8.42 Å². The molecule has 7 heteroatoms. The van der Waals surface area contributed by atoms with E-state index < -0.39 is 10.0 Å². The first kappa shape index (κ1) is 15.5. The van der Waals surface area contributed by atoms with E-state index in [1.54, 1.807) is 7.05 Å². The molecule has 0 aliphatic rings. The highest BCUT2D eigenvalue weighted by molar-refractivity contribution is 7.88. The summed E-state index contributed by atoms with van der Waals surface area (Å²) >= 11 is 0. The summed E-state index contributed by atoms with van der Waals surface area (Å²) in [6.07, 6.45) is 1.13. The minimum absolute atomic E-state index is 0.324. The summed E-state index contributed by atoms with van der Waals surface area (Å²) in [4.78, 5) is 4.05. The Morgan fingerprint density at radius 3 is 2.42 bits per heavy atom. The SMILES string of the molecule is CN=C(NCCNS(C)(=O)=O)NCc1ccccc1. The van der Waals surface area contributed by atoms with E-state index in [2.05, 4.69) is 20.3 Å². The number of nitrogens with one attached hydrogen (secondary N) is 3. The molecule has 0 heterocycles. The normalized spacial score (nSPS) is 12.2. The molecule has 0 bridgehead atoms. The Labute approximate surface area is 114 Å². The van der Waals surface area contributed by atoms with Crippen molar-refractivity contribution in [3.05, 3.63) is 35.9 Å². The van der Waals surface area contributed by atoms with Gasteiger partial charge in [0.15, 0.2) is 5.96 Å². The summed E-state index contributed by atoms with van der Waals surface area (Å²) in [5, 5.41) is 6.17. The second-order valence-corrected chi connectivity index (χ2v) is 5.84. The van der Waals surface area contributed by atoms with Gasteiger partial charge < -0.3 is 10.6 Å². The van der Waals surface area contributed by atoms with E-state index in [1.807, 2.05) is 30.3 Å². The van der Waals surface area contributed by atoms with Crippen molar-refractivity contribution in [1.29, 1.82) is 0 Å². The average Bonchev–Trinajstić information content (AvgIpc) is 2.38. The second-order valence-electron chi connectivity index (χ2n) is 4.00. The molecule has 0 saturated carbocycles. The molecule has 106 valence electrons. The lowest BCUT2D eigenvalue weighted by Crippen LogP contribution is -2.41. The van der Waals surface area contributed by atoms with Gasteiger partial charge in [-0.15, -0.1) is 0 Å². The van der Waals surface area contributed by atoms with Gasteiger partial charge >= 0.3 is 0 Å². The highest BCUT2D eigenvalue weighted by Gasteiger charge is 2.00. The molecule has 19 heavy (non-hydrogen) atoms. The monoisotopic (exact) mass is 284 g/mol. The molecular weight excluding hydrogens is 264 g/mol. The number of guanidine groups is 1. The number of benzene rings is 1. The fourth-order valence-electron chi connectivity index (χ4n) is 1.42. The lowest BCUT2D eigenvalue weighted by atomic mass is 10.2. The van der Waals surface area contributed by atoms with E-state index in [0.717, 1.165) is 11.8 Å². The first-order valence-electron chi connectivity index (χ1n) is 5.94. The van der Waals surface area contributed by atoms with E-state index in [9.17, 15) is 8.42 Å². The minimum atomic E-state index is -3.13. The van der Waals surface area contributed by atoms with Gasteiger partial charge in [0, 0.05) is 26.7 Å². The number of hydrogen-bond acceptors (Lipinski definition) is 3. The molecule has 0 unspecified atom stereocenters.